The SMILES string of the molecule is COc1cc(OC)c2c(c1Cl)O[C@]1(C2=O)C(NNc2cc(C(C)(C)C)cc(C(C)(C)C)c2)=CC(=O)C[C@H]1C. The molecule has 2 aliphatic rings. The van der Waals surface area contributed by atoms with Gasteiger partial charge in [-0.15, -0.1) is 0 Å². The van der Waals surface area contributed by atoms with E-state index in [0.717, 1.165) is 16.8 Å². The average molecular weight is 541 g/mol. The van der Waals surface area contributed by atoms with Gasteiger partial charge in [-0.3, -0.25) is 9.59 Å². The van der Waals surface area contributed by atoms with Gasteiger partial charge in [-0.1, -0.05) is 66.1 Å². The summed E-state index contributed by atoms with van der Waals surface area (Å²) in [6.45, 7) is 14.8. The van der Waals surface area contributed by atoms with Gasteiger partial charge in [0.1, 0.15) is 22.1 Å². The van der Waals surface area contributed by atoms with Gasteiger partial charge >= 0.3 is 0 Å². The van der Waals surface area contributed by atoms with E-state index in [9.17, 15) is 9.59 Å². The number of hydrazine groups is 1. The third kappa shape index (κ3) is 4.62. The number of halogens is 1. The molecule has 4 rings (SSSR count). The zero-order valence-corrected chi connectivity index (χ0v) is 24.3. The third-order valence-corrected chi connectivity index (χ3v) is 7.69. The quantitative estimate of drug-likeness (QED) is 0.426. The number of anilines is 1. The highest BCUT2D eigenvalue weighted by atomic mass is 35.5. The van der Waals surface area contributed by atoms with Crippen molar-refractivity contribution < 1.29 is 23.8 Å². The first-order valence-corrected chi connectivity index (χ1v) is 13.1. The van der Waals surface area contributed by atoms with E-state index in [4.69, 9.17) is 25.8 Å². The molecule has 1 heterocycles. The van der Waals surface area contributed by atoms with E-state index in [1.807, 2.05) is 6.92 Å². The molecule has 38 heavy (non-hydrogen) atoms. The minimum absolute atomic E-state index is 0.0773. The molecule has 0 unspecified atom stereocenters. The monoisotopic (exact) mass is 540 g/mol. The molecule has 204 valence electrons. The van der Waals surface area contributed by atoms with Gasteiger partial charge in [0.05, 0.1) is 25.6 Å². The number of Topliss-reactive ketones (excluding diaryl/α,β-unsaturated/α-hetero) is 1. The smallest absolute Gasteiger partial charge is 0.220 e. The molecular weight excluding hydrogens is 504 g/mol. The van der Waals surface area contributed by atoms with Gasteiger partial charge in [-0.2, -0.15) is 0 Å². The second-order valence-electron chi connectivity index (χ2n) is 12.1. The number of carbonyl (C=O) groups is 2. The van der Waals surface area contributed by atoms with Crippen LogP contribution in [0.25, 0.3) is 0 Å². The van der Waals surface area contributed by atoms with Crippen LogP contribution in [0.3, 0.4) is 0 Å². The van der Waals surface area contributed by atoms with Crippen molar-refractivity contribution in [2.24, 2.45) is 5.92 Å². The van der Waals surface area contributed by atoms with Crippen molar-refractivity contribution in [3.8, 4) is 17.2 Å². The minimum atomic E-state index is -1.49. The molecule has 0 fully saturated rings. The highest BCUT2D eigenvalue weighted by Crippen LogP contribution is 2.54. The predicted molar refractivity (Wildman–Crippen MR) is 150 cm³/mol. The van der Waals surface area contributed by atoms with E-state index in [1.165, 1.54) is 20.3 Å². The molecule has 8 heteroatoms. The maximum Gasteiger partial charge on any atom is 0.220 e. The summed E-state index contributed by atoms with van der Waals surface area (Å²) in [7, 11) is 2.95. The van der Waals surface area contributed by atoms with E-state index >= 15 is 0 Å². The zero-order chi connectivity index (χ0) is 28.2. The van der Waals surface area contributed by atoms with Crippen LogP contribution in [0.2, 0.25) is 5.02 Å². The van der Waals surface area contributed by atoms with Crippen molar-refractivity contribution in [2.45, 2.75) is 71.3 Å². The number of carbonyl (C=O) groups excluding carboxylic acids is 2. The van der Waals surface area contributed by atoms with Crippen LogP contribution in [0, 0.1) is 5.92 Å². The van der Waals surface area contributed by atoms with Crippen LogP contribution in [0.1, 0.15) is 76.4 Å². The predicted octanol–water partition coefficient (Wildman–Crippen LogP) is 6.38. The van der Waals surface area contributed by atoms with Gasteiger partial charge in [0.15, 0.2) is 11.5 Å². The number of methoxy groups -OCH3 is 2. The Balaban J connectivity index is 1.77. The molecule has 2 N–H and O–H groups in total. The van der Waals surface area contributed by atoms with Gasteiger partial charge < -0.3 is 25.1 Å². The normalized spacial score (nSPS) is 21.1. The summed E-state index contributed by atoms with van der Waals surface area (Å²) < 4.78 is 17.3. The van der Waals surface area contributed by atoms with Crippen LogP contribution in [0.15, 0.2) is 36.0 Å². The standard InChI is InChI=1S/C30H37ClN2O5/c1-16-10-20(34)14-23(33-32-19-12-17(28(2,3)4)11-18(13-19)29(5,6)7)30(16)27(35)24-21(36-8)15-22(37-9)25(31)26(24)38-30/h11-16,32-33H,10H2,1-9H3/t16-,30+/m1/s1. The van der Waals surface area contributed by atoms with Crippen LogP contribution in [0.4, 0.5) is 5.69 Å². The number of ether oxygens (including phenoxy) is 3. The highest BCUT2D eigenvalue weighted by Gasteiger charge is 2.59. The van der Waals surface area contributed by atoms with E-state index in [1.54, 1.807) is 6.07 Å². The molecule has 0 saturated carbocycles. The van der Waals surface area contributed by atoms with Crippen LogP contribution in [-0.4, -0.2) is 31.4 Å². The maximum absolute atomic E-state index is 14.1. The molecule has 0 bridgehead atoms. The van der Waals surface area contributed by atoms with E-state index < -0.39 is 11.5 Å². The number of fused-ring (bicyclic) bond motifs is 1. The Labute approximate surface area is 229 Å². The summed E-state index contributed by atoms with van der Waals surface area (Å²) in [6.07, 6.45) is 1.59. The minimum Gasteiger partial charge on any atom is -0.496 e. The summed E-state index contributed by atoms with van der Waals surface area (Å²) in [5.41, 5.74) is 8.47. The number of hydrogen-bond donors (Lipinski definition) is 2. The van der Waals surface area contributed by atoms with Crippen molar-refractivity contribution in [3.63, 3.8) is 0 Å². The second kappa shape index (κ2) is 9.53. The molecule has 1 aliphatic heterocycles. The first kappa shape index (κ1) is 27.8. The summed E-state index contributed by atoms with van der Waals surface area (Å²) in [6, 6.07) is 7.93. The van der Waals surface area contributed by atoms with Crippen molar-refractivity contribution >= 4 is 28.9 Å². The Morgan fingerprint density at radius 3 is 2.03 bits per heavy atom. The summed E-state index contributed by atoms with van der Waals surface area (Å²) in [5.74, 6) is -0.0831. The largest absolute Gasteiger partial charge is 0.496 e. The molecule has 2 aromatic rings. The van der Waals surface area contributed by atoms with E-state index in [2.05, 4.69) is 70.6 Å². The number of allylic oxidation sites excluding steroid dienone is 1. The molecule has 0 saturated heterocycles. The lowest BCUT2D eigenvalue weighted by Gasteiger charge is -2.38. The number of nitrogens with one attached hydrogen (secondary N) is 2. The molecule has 1 aliphatic carbocycles. The third-order valence-electron chi connectivity index (χ3n) is 7.33. The maximum atomic E-state index is 14.1. The first-order chi connectivity index (χ1) is 17.6. The average Bonchev–Trinajstić information content (AvgIpc) is 3.14. The van der Waals surface area contributed by atoms with Crippen LogP contribution < -0.4 is 25.1 Å². The van der Waals surface area contributed by atoms with Gasteiger partial charge in [0.2, 0.25) is 11.4 Å². The van der Waals surface area contributed by atoms with E-state index in [0.29, 0.717) is 17.2 Å². The lowest BCUT2D eigenvalue weighted by molar-refractivity contribution is -0.117. The number of benzene rings is 2. The van der Waals surface area contributed by atoms with E-state index in [-0.39, 0.29) is 45.2 Å². The molecule has 0 aromatic heterocycles. The Morgan fingerprint density at radius 2 is 1.50 bits per heavy atom. The fourth-order valence-electron chi connectivity index (χ4n) is 4.98. The number of ketones is 2. The molecule has 7 nitrogen and oxygen atoms in total. The van der Waals surface area contributed by atoms with Crippen molar-refractivity contribution in [2.75, 3.05) is 19.6 Å². The van der Waals surface area contributed by atoms with Gasteiger partial charge in [-0.05, 0) is 34.1 Å². The molecule has 0 amide bonds. The fourth-order valence-corrected chi connectivity index (χ4v) is 5.24. The second-order valence-corrected chi connectivity index (χ2v) is 12.5. The van der Waals surface area contributed by atoms with Crippen molar-refractivity contribution in [1.82, 2.24) is 5.43 Å². The lowest BCUT2D eigenvalue weighted by Crippen LogP contribution is -2.55. The Kier molecular flexibility index (Phi) is 6.98. The topological polar surface area (TPSA) is 85.9 Å². The van der Waals surface area contributed by atoms with Crippen molar-refractivity contribution in [1.29, 1.82) is 0 Å². The number of hydrogen-bond acceptors (Lipinski definition) is 7. The van der Waals surface area contributed by atoms with Crippen LogP contribution in [0.5, 0.6) is 17.2 Å². The van der Waals surface area contributed by atoms with Gasteiger partial charge in [-0.25, -0.2) is 0 Å². The van der Waals surface area contributed by atoms with Gasteiger partial charge in [0.25, 0.3) is 0 Å². The molecular formula is C30H37ClN2O5. The Morgan fingerprint density at radius 1 is 0.921 bits per heavy atom. The van der Waals surface area contributed by atoms with Crippen LogP contribution >= 0.6 is 11.6 Å². The molecule has 2 aromatic carbocycles. The Bertz CT molecular complexity index is 1300. The number of rotatable bonds is 5. The summed E-state index contributed by atoms with van der Waals surface area (Å²) >= 11 is 6.59. The van der Waals surface area contributed by atoms with Crippen molar-refractivity contribution in [3.05, 3.63) is 57.8 Å². The summed E-state index contributed by atoms with van der Waals surface area (Å²) in [4.78, 5) is 26.8. The molecule has 2 atom stereocenters. The molecule has 0 radical (unpaired) electrons. The fraction of sp³-hybridized carbons (Fsp3) is 0.467. The highest BCUT2D eigenvalue weighted by molar-refractivity contribution is 6.35. The zero-order valence-electron chi connectivity index (χ0n) is 23.6. The Hall–Kier alpha value is -3.19. The summed E-state index contributed by atoms with van der Waals surface area (Å²) in [5, 5.41) is 0.178. The van der Waals surface area contributed by atoms with Gasteiger partial charge in [0, 0.05) is 24.5 Å². The molecule has 1 spiro atoms. The lowest BCUT2D eigenvalue weighted by atomic mass is 9.74. The first-order valence-electron chi connectivity index (χ1n) is 12.7. The van der Waals surface area contributed by atoms with Crippen LogP contribution in [-0.2, 0) is 15.6 Å².